The maximum atomic E-state index is 13.7. The summed E-state index contributed by atoms with van der Waals surface area (Å²) >= 11 is 0. The Morgan fingerprint density at radius 1 is 1.04 bits per heavy atom. The Hall–Kier alpha value is -4.84. The third-order valence-electron chi connectivity index (χ3n) is 9.71. The molecule has 0 radical (unpaired) electrons. The number of fused-ring (bicyclic) bond motifs is 2. The molecular weight excluding hydrogens is 606 g/mol. The summed E-state index contributed by atoms with van der Waals surface area (Å²) in [4.78, 5) is 45.9. The Bertz CT molecular complexity index is 1960. The average molecular weight is 652 g/mol. The topological polar surface area (TPSA) is 160 Å². The van der Waals surface area contributed by atoms with Gasteiger partial charge in [-0.3, -0.25) is 14.6 Å². The lowest BCUT2D eigenvalue weighted by Crippen LogP contribution is -2.50. The highest BCUT2D eigenvalue weighted by molar-refractivity contribution is 6.00. The molecule has 0 saturated carbocycles. The van der Waals surface area contributed by atoms with Crippen molar-refractivity contribution in [3.05, 3.63) is 65.4 Å². The largest absolute Gasteiger partial charge is 0.494 e. The summed E-state index contributed by atoms with van der Waals surface area (Å²) in [6, 6.07) is 9.99. The number of amides is 2. The van der Waals surface area contributed by atoms with Crippen LogP contribution in [0.25, 0.3) is 33.6 Å². The SMILES string of the molecule is CCc1ccc2cc(-c3nc4cc(C(=O)N5CC[C@H](CC)[C@@H](N)C5)cc(OC)c4n3C)n(CCCCCc3nccnc3C(N)=O)c2n1. The lowest BCUT2D eigenvalue weighted by molar-refractivity contribution is 0.0660. The van der Waals surface area contributed by atoms with Gasteiger partial charge in [-0.15, -0.1) is 0 Å². The van der Waals surface area contributed by atoms with Crippen LogP contribution in [0, 0.1) is 5.92 Å². The number of nitrogens with two attached hydrogens (primary N) is 2. The zero-order valence-corrected chi connectivity index (χ0v) is 28.3. The molecule has 1 fully saturated rings. The molecule has 1 aliphatic rings. The number of carbonyl (C=O) groups excluding carboxylic acids is 2. The van der Waals surface area contributed by atoms with Crippen LogP contribution in [-0.2, 0) is 26.4 Å². The second-order valence-electron chi connectivity index (χ2n) is 12.7. The maximum absolute atomic E-state index is 13.7. The molecule has 5 aromatic rings. The van der Waals surface area contributed by atoms with E-state index in [0.717, 1.165) is 78.8 Å². The van der Waals surface area contributed by atoms with Crippen LogP contribution in [0.2, 0.25) is 0 Å². The van der Waals surface area contributed by atoms with Crippen molar-refractivity contribution >= 4 is 33.9 Å². The average Bonchev–Trinajstić information content (AvgIpc) is 3.63. The van der Waals surface area contributed by atoms with E-state index in [1.54, 1.807) is 13.3 Å². The van der Waals surface area contributed by atoms with E-state index in [1.165, 1.54) is 6.20 Å². The van der Waals surface area contributed by atoms with Crippen LogP contribution >= 0.6 is 0 Å². The highest BCUT2D eigenvalue weighted by atomic mass is 16.5. The van der Waals surface area contributed by atoms with E-state index in [0.29, 0.717) is 48.0 Å². The van der Waals surface area contributed by atoms with Gasteiger partial charge < -0.3 is 30.2 Å². The van der Waals surface area contributed by atoms with Crippen LogP contribution in [0.5, 0.6) is 5.75 Å². The fraction of sp³-hybridized carbons (Fsp3) is 0.444. The number of unbranched alkanes of at least 4 members (excludes halogenated alkanes) is 2. The molecule has 4 N–H and O–H groups in total. The minimum Gasteiger partial charge on any atom is -0.494 e. The normalized spacial score (nSPS) is 16.6. The van der Waals surface area contributed by atoms with Gasteiger partial charge in [-0.2, -0.15) is 0 Å². The molecule has 4 aromatic heterocycles. The van der Waals surface area contributed by atoms with Crippen molar-refractivity contribution in [3.63, 3.8) is 0 Å². The van der Waals surface area contributed by atoms with Gasteiger partial charge in [0.05, 0.1) is 24.0 Å². The predicted octanol–water partition coefficient (Wildman–Crippen LogP) is 4.66. The van der Waals surface area contributed by atoms with E-state index < -0.39 is 5.91 Å². The van der Waals surface area contributed by atoms with Gasteiger partial charge in [0.15, 0.2) is 5.82 Å². The van der Waals surface area contributed by atoms with E-state index in [1.807, 2.05) is 28.6 Å². The number of imidazole rings is 1. The van der Waals surface area contributed by atoms with E-state index >= 15 is 0 Å². The molecule has 2 amide bonds. The van der Waals surface area contributed by atoms with Crippen molar-refractivity contribution < 1.29 is 14.3 Å². The summed E-state index contributed by atoms with van der Waals surface area (Å²) < 4.78 is 10.1. The third kappa shape index (κ3) is 6.36. The smallest absolute Gasteiger partial charge is 0.269 e. The monoisotopic (exact) mass is 651 g/mol. The van der Waals surface area contributed by atoms with Gasteiger partial charge in [-0.05, 0) is 68.4 Å². The van der Waals surface area contributed by atoms with Gasteiger partial charge in [0.1, 0.15) is 22.6 Å². The van der Waals surface area contributed by atoms with Crippen LogP contribution in [-0.4, -0.2) is 72.0 Å². The number of benzene rings is 1. The van der Waals surface area contributed by atoms with Crippen LogP contribution in [0.1, 0.15) is 78.2 Å². The number of aromatic nitrogens is 6. The quantitative estimate of drug-likeness (QED) is 0.184. The number of methoxy groups -OCH3 is 1. The van der Waals surface area contributed by atoms with Crippen LogP contribution in [0.4, 0.5) is 0 Å². The summed E-state index contributed by atoms with van der Waals surface area (Å²) in [6.45, 7) is 6.22. The Morgan fingerprint density at radius 2 is 1.85 bits per heavy atom. The zero-order chi connectivity index (χ0) is 33.9. The van der Waals surface area contributed by atoms with Gasteiger partial charge in [-0.25, -0.2) is 15.0 Å². The molecule has 0 aliphatic carbocycles. The van der Waals surface area contributed by atoms with E-state index in [9.17, 15) is 9.59 Å². The Balaban J connectivity index is 1.30. The second kappa shape index (κ2) is 14.1. The first-order chi connectivity index (χ1) is 23.2. The number of carbonyl (C=O) groups is 2. The molecule has 252 valence electrons. The fourth-order valence-electron chi connectivity index (χ4n) is 6.99. The lowest BCUT2D eigenvalue weighted by Gasteiger charge is -2.36. The number of likely N-dealkylation sites (tertiary alicyclic amines) is 1. The molecule has 0 unspecified atom stereocenters. The molecule has 48 heavy (non-hydrogen) atoms. The maximum Gasteiger partial charge on any atom is 0.269 e. The third-order valence-corrected chi connectivity index (χ3v) is 9.71. The molecule has 2 atom stereocenters. The van der Waals surface area contributed by atoms with Gasteiger partial charge in [0.2, 0.25) is 0 Å². The molecule has 12 heteroatoms. The molecule has 6 rings (SSSR count). The number of hydrogen-bond donors (Lipinski definition) is 2. The molecule has 1 aromatic carbocycles. The first-order valence-corrected chi connectivity index (χ1v) is 16.9. The fourth-order valence-corrected chi connectivity index (χ4v) is 6.99. The Kier molecular flexibility index (Phi) is 9.72. The van der Waals surface area contributed by atoms with Crippen LogP contribution in [0.15, 0.2) is 42.7 Å². The highest BCUT2D eigenvalue weighted by Crippen LogP contribution is 2.35. The van der Waals surface area contributed by atoms with Crippen LogP contribution in [0.3, 0.4) is 0 Å². The van der Waals surface area contributed by atoms with Crippen molar-refractivity contribution in [2.75, 3.05) is 20.2 Å². The first kappa shape index (κ1) is 33.1. The first-order valence-electron chi connectivity index (χ1n) is 16.9. The number of rotatable bonds is 12. The van der Waals surface area contributed by atoms with Crippen molar-refractivity contribution in [2.45, 2.75) is 71.4 Å². The van der Waals surface area contributed by atoms with Crippen molar-refractivity contribution in [1.82, 2.24) is 34.0 Å². The number of pyridine rings is 1. The molecule has 0 bridgehead atoms. The summed E-state index contributed by atoms with van der Waals surface area (Å²) in [6.07, 6.45) is 9.08. The number of aryl methyl sites for hydroxylation is 4. The summed E-state index contributed by atoms with van der Waals surface area (Å²) in [5.74, 6) is 1.18. The van der Waals surface area contributed by atoms with Gasteiger partial charge in [-0.1, -0.05) is 26.7 Å². The summed E-state index contributed by atoms with van der Waals surface area (Å²) in [7, 11) is 3.60. The van der Waals surface area contributed by atoms with Gasteiger partial charge in [0.25, 0.3) is 11.8 Å². The molecule has 0 spiro atoms. The minimum absolute atomic E-state index is 0.0249. The number of ether oxygens (including phenoxy) is 1. The van der Waals surface area contributed by atoms with E-state index in [4.69, 9.17) is 26.2 Å². The Labute approximate surface area is 280 Å². The zero-order valence-electron chi connectivity index (χ0n) is 28.3. The number of piperidine rings is 1. The van der Waals surface area contributed by atoms with Crippen molar-refractivity contribution in [1.29, 1.82) is 0 Å². The molecule has 12 nitrogen and oxygen atoms in total. The van der Waals surface area contributed by atoms with Gasteiger partial charge in [0, 0.05) is 61.8 Å². The van der Waals surface area contributed by atoms with Crippen LogP contribution < -0.4 is 16.2 Å². The lowest BCUT2D eigenvalue weighted by atomic mass is 9.90. The summed E-state index contributed by atoms with van der Waals surface area (Å²) in [5.41, 5.74) is 17.7. The van der Waals surface area contributed by atoms with Crippen molar-refractivity contribution in [3.8, 4) is 17.3 Å². The van der Waals surface area contributed by atoms with E-state index in [-0.39, 0.29) is 17.6 Å². The van der Waals surface area contributed by atoms with Gasteiger partial charge >= 0.3 is 0 Å². The van der Waals surface area contributed by atoms with Crippen molar-refractivity contribution in [2.24, 2.45) is 24.4 Å². The minimum atomic E-state index is -0.560. The predicted molar refractivity (Wildman–Crippen MR) is 186 cm³/mol. The molecule has 5 heterocycles. The number of nitrogens with zero attached hydrogens (tertiary/aromatic N) is 7. The van der Waals surface area contributed by atoms with E-state index in [2.05, 4.69) is 46.6 Å². The molecular formula is C36H45N9O3. The number of hydrogen-bond acceptors (Lipinski definition) is 8. The Morgan fingerprint density at radius 3 is 2.58 bits per heavy atom. The molecule has 1 aliphatic heterocycles. The summed E-state index contributed by atoms with van der Waals surface area (Å²) in [5, 5.41) is 1.04. The molecule has 1 saturated heterocycles. The number of primary amides is 1. The second-order valence-corrected chi connectivity index (χ2v) is 12.7. The standard InChI is InChI=1S/C36H45N9O3/c1-5-22-13-17-44(21-26(22)37)36(47)24-18-28-32(30(20-24)48-4)43(3)35(42-28)29-19-23-11-12-25(6-2)41-34(23)45(29)16-9-7-8-10-27-31(33(38)46)40-15-14-39-27/h11-12,14-15,18-20,22,26H,5-10,13,16-17,21,37H2,1-4H3,(H2,38,46)/t22-,26-/m0/s1. The highest BCUT2D eigenvalue weighted by Gasteiger charge is 2.30.